The van der Waals surface area contributed by atoms with Crippen LogP contribution in [-0.2, 0) is 6.54 Å². The second kappa shape index (κ2) is 11.7. The fourth-order valence-electron chi connectivity index (χ4n) is 3.65. The van der Waals surface area contributed by atoms with Gasteiger partial charge >= 0.3 is 0 Å². The molecule has 2 N–H and O–H groups in total. The van der Waals surface area contributed by atoms with E-state index >= 15 is 0 Å². The maximum atomic E-state index is 12.8. The number of amides is 2. The zero-order valence-corrected chi connectivity index (χ0v) is 20.2. The Balaban J connectivity index is 1.47. The van der Waals surface area contributed by atoms with Crippen LogP contribution in [0.2, 0.25) is 0 Å². The highest BCUT2D eigenvalue weighted by Crippen LogP contribution is 2.23. The molecule has 0 aliphatic rings. The number of hydrogen-bond donors (Lipinski definition) is 2. The van der Waals surface area contributed by atoms with Crippen LogP contribution in [0.3, 0.4) is 0 Å². The zero-order valence-electron chi connectivity index (χ0n) is 20.2. The van der Waals surface area contributed by atoms with E-state index in [9.17, 15) is 9.59 Å². The third kappa shape index (κ3) is 6.07. The smallest absolute Gasteiger partial charge is 0.274 e. The molecular formula is C29H27N3O4. The van der Waals surface area contributed by atoms with Gasteiger partial charge in [-0.3, -0.25) is 9.59 Å². The van der Waals surface area contributed by atoms with Crippen LogP contribution in [0.25, 0.3) is 11.3 Å². The Morgan fingerprint density at radius 1 is 0.806 bits per heavy atom. The van der Waals surface area contributed by atoms with Crippen molar-refractivity contribution in [3.8, 4) is 22.8 Å². The van der Waals surface area contributed by atoms with E-state index in [0.29, 0.717) is 35.8 Å². The number of ether oxygens (including phenoxy) is 2. The summed E-state index contributed by atoms with van der Waals surface area (Å²) in [6, 6.07) is 27.1. The van der Waals surface area contributed by atoms with E-state index in [1.807, 2.05) is 37.3 Å². The van der Waals surface area contributed by atoms with Crippen molar-refractivity contribution < 1.29 is 19.1 Å². The van der Waals surface area contributed by atoms with Gasteiger partial charge in [-0.2, -0.15) is 0 Å². The molecule has 1 heterocycles. The van der Waals surface area contributed by atoms with Crippen LogP contribution in [-0.4, -0.2) is 30.5 Å². The Labute approximate surface area is 210 Å². The van der Waals surface area contributed by atoms with Crippen molar-refractivity contribution in [1.29, 1.82) is 0 Å². The number of nitrogens with one attached hydrogen (secondary N) is 2. The molecule has 1 aromatic heterocycles. The SMILES string of the molecule is CCOc1ccc(C(=O)NCc2ccccc2-c2cccc(C(=O)Nc3ccc(OC)cc3)n2)cc1. The molecular weight excluding hydrogens is 454 g/mol. The number of anilines is 1. The van der Waals surface area contributed by atoms with Crippen molar-refractivity contribution in [1.82, 2.24) is 10.3 Å². The number of benzene rings is 3. The predicted octanol–water partition coefficient (Wildman–Crippen LogP) is 5.34. The highest BCUT2D eigenvalue weighted by Gasteiger charge is 2.13. The molecule has 36 heavy (non-hydrogen) atoms. The second-order valence-electron chi connectivity index (χ2n) is 7.89. The van der Waals surface area contributed by atoms with E-state index in [1.54, 1.807) is 67.8 Å². The van der Waals surface area contributed by atoms with E-state index in [2.05, 4.69) is 15.6 Å². The van der Waals surface area contributed by atoms with E-state index in [-0.39, 0.29) is 17.5 Å². The van der Waals surface area contributed by atoms with Crippen LogP contribution in [0.1, 0.15) is 33.3 Å². The molecule has 4 aromatic rings. The van der Waals surface area contributed by atoms with Gasteiger partial charge in [-0.1, -0.05) is 30.3 Å². The molecule has 182 valence electrons. The Hall–Kier alpha value is -4.65. The fourth-order valence-corrected chi connectivity index (χ4v) is 3.65. The molecule has 0 bridgehead atoms. The number of hydrogen-bond acceptors (Lipinski definition) is 5. The summed E-state index contributed by atoms with van der Waals surface area (Å²) in [4.78, 5) is 30.0. The van der Waals surface area contributed by atoms with Gasteiger partial charge in [-0.15, -0.1) is 0 Å². The first-order valence-electron chi connectivity index (χ1n) is 11.6. The van der Waals surface area contributed by atoms with Crippen LogP contribution in [0, 0.1) is 0 Å². The molecule has 0 aliphatic carbocycles. The molecule has 2 amide bonds. The lowest BCUT2D eigenvalue weighted by Crippen LogP contribution is -2.23. The van der Waals surface area contributed by atoms with Gasteiger partial charge in [-0.05, 0) is 73.2 Å². The Morgan fingerprint density at radius 3 is 2.25 bits per heavy atom. The molecule has 0 atom stereocenters. The van der Waals surface area contributed by atoms with E-state index < -0.39 is 0 Å². The maximum Gasteiger partial charge on any atom is 0.274 e. The van der Waals surface area contributed by atoms with Crippen molar-refractivity contribution in [2.45, 2.75) is 13.5 Å². The number of carbonyl (C=O) groups is 2. The minimum Gasteiger partial charge on any atom is -0.497 e. The Bertz CT molecular complexity index is 1340. The van der Waals surface area contributed by atoms with Gasteiger partial charge in [0, 0.05) is 23.4 Å². The van der Waals surface area contributed by atoms with Crippen LogP contribution in [0.4, 0.5) is 5.69 Å². The third-order valence-electron chi connectivity index (χ3n) is 5.49. The molecule has 0 aliphatic heterocycles. The second-order valence-corrected chi connectivity index (χ2v) is 7.89. The summed E-state index contributed by atoms with van der Waals surface area (Å²) in [5, 5.41) is 5.81. The monoisotopic (exact) mass is 481 g/mol. The highest BCUT2D eigenvalue weighted by molar-refractivity contribution is 6.03. The summed E-state index contributed by atoms with van der Waals surface area (Å²) in [7, 11) is 1.59. The summed E-state index contributed by atoms with van der Waals surface area (Å²) in [6.07, 6.45) is 0. The van der Waals surface area contributed by atoms with Crippen molar-refractivity contribution >= 4 is 17.5 Å². The lowest BCUT2D eigenvalue weighted by molar-refractivity contribution is 0.0950. The topological polar surface area (TPSA) is 89.5 Å². The summed E-state index contributed by atoms with van der Waals surface area (Å²) in [5.74, 6) is 0.928. The highest BCUT2D eigenvalue weighted by atomic mass is 16.5. The standard InChI is InChI=1S/C29H27N3O4/c1-3-36-24-15-11-20(12-16-24)28(33)30-19-21-7-4-5-8-25(21)26-9-6-10-27(32-26)29(34)31-22-13-17-23(35-2)18-14-22/h4-18H,3,19H2,1-2H3,(H,30,33)(H,31,34). The summed E-state index contributed by atoms with van der Waals surface area (Å²) < 4.78 is 10.6. The summed E-state index contributed by atoms with van der Waals surface area (Å²) in [5.41, 5.74) is 3.84. The first-order chi connectivity index (χ1) is 17.6. The number of rotatable bonds is 9. The normalized spacial score (nSPS) is 10.4. The molecule has 3 aromatic carbocycles. The average Bonchev–Trinajstić information content (AvgIpc) is 2.93. The van der Waals surface area contributed by atoms with Gasteiger partial charge in [-0.25, -0.2) is 4.98 Å². The molecule has 0 fully saturated rings. The van der Waals surface area contributed by atoms with E-state index in [1.165, 1.54) is 0 Å². The molecule has 7 heteroatoms. The third-order valence-corrected chi connectivity index (χ3v) is 5.49. The van der Waals surface area contributed by atoms with Crippen molar-refractivity contribution in [3.63, 3.8) is 0 Å². The number of nitrogens with zero attached hydrogens (tertiary/aromatic N) is 1. The van der Waals surface area contributed by atoms with Crippen molar-refractivity contribution in [2.24, 2.45) is 0 Å². The van der Waals surface area contributed by atoms with Crippen LogP contribution in [0.15, 0.2) is 91.0 Å². The molecule has 0 spiro atoms. The summed E-state index contributed by atoms with van der Waals surface area (Å²) in [6.45, 7) is 2.79. The predicted molar refractivity (Wildman–Crippen MR) is 139 cm³/mol. The van der Waals surface area contributed by atoms with Gasteiger partial charge in [0.2, 0.25) is 0 Å². The quantitative estimate of drug-likeness (QED) is 0.337. The van der Waals surface area contributed by atoms with Crippen molar-refractivity contribution in [2.75, 3.05) is 19.0 Å². The average molecular weight is 482 g/mol. The lowest BCUT2D eigenvalue weighted by Gasteiger charge is -2.12. The van der Waals surface area contributed by atoms with Crippen LogP contribution >= 0.6 is 0 Å². The number of aromatic nitrogens is 1. The molecule has 4 rings (SSSR count). The fraction of sp³-hybridized carbons (Fsp3) is 0.138. The largest absolute Gasteiger partial charge is 0.497 e. The molecule has 0 saturated heterocycles. The molecule has 0 unspecified atom stereocenters. The van der Waals surface area contributed by atoms with E-state index in [0.717, 1.165) is 16.9 Å². The van der Waals surface area contributed by atoms with Gasteiger partial charge in [0.25, 0.3) is 11.8 Å². The zero-order chi connectivity index (χ0) is 25.3. The number of pyridine rings is 1. The molecule has 0 radical (unpaired) electrons. The number of methoxy groups -OCH3 is 1. The first-order valence-corrected chi connectivity index (χ1v) is 11.6. The van der Waals surface area contributed by atoms with Crippen molar-refractivity contribution in [3.05, 3.63) is 108 Å². The van der Waals surface area contributed by atoms with Crippen LogP contribution in [0.5, 0.6) is 11.5 Å². The van der Waals surface area contributed by atoms with Gasteiger partial charge in [0.15, 0.2) is 0 Å². The van der Waals surface area contributed by atoms with Gasteiger partial charge in [0.1, 0.15) is 17.2 Å². The van der Waals surface area contributed by atoms with E-state index in [4.69, 9.17) is 9.47 Å². The lowest BCUT2D eigenvalue weighted by atomic mass is 10.0. The summed E-state index contributed by atoms with van der Waals surface area (Å²) >= 11 is 0. The number of carbonyl (C=O) groups excluding carboxylic acids is 2. The minimum atomic E-state index is -0.316. The van der Waals surface area contributed by atoms with Gasteiger partial charge in [0.05, 0.1) is 19.4 Å². The van der Waals surface area contributed by atoms with Crippen LogP contribution < -0.4 is 20.1 Å². The Morgan fingerprint density at radius 2 is 1.53 bits per heavy atom. The molecule has 7 nitrogen and oxygen atoms in total. The van der Waals surface area contributed by atoms with Gasteiger partial charge < -0.3 is 20.1 Å². The minimum absolute atomic E-state index is 0.187. The maximum absolute atomic E-state index is 12.8. The first kappa shape index (κ1) is 24.5. The molecule has 0 saturated carbocycles. The Kier molecular flexibility index (Phi) is 7.93.